The highest BCUT2D eigenvalue weighted by Gasteiger charge is 1.98. The van der Waals surface area contributed by atoms with Crippen LogP contribution in [0.3, 0.4) is 0 Å². The molecule has 0 aromatic heterocycles. The Labute approximate surface area is 113 Å². The molecule has 0 amide bonds. The van der Waals surface area contributed by atoms with Crippen molar-refractivity contribution in [1.29, 1.82) is 0 Å². The summed E-state index contributed by atoms with van der Waals surface area (Å²) in [5.41, 5.74) is 2.36. The molecule has 0 atom stereocenters. The Balaban J connectivity index is 1.76. The maximum atomic E-state index is 5.99. The van der Waals surface area contributed by atoms with Gasteiger partial charge in [0.25, 0.3) is 0 Å². The van der Waals surface area contributed by atoms with Crippen molar-refractivity contribution < 1.29 is 4.74 Å². The van der Waals surface area contributed by atoms with E-state index in [1.165, 1.54) is 5.56 Å². The van der Waals surface area contributed by atoms with Crippen LogP contribution in [-0.2, 0) is 0 Å². The standard InChI is InChI=1S/C15H16ClNO/c1-12-6-8-13(9-7-12)17-10-11-18-15-5-3-2-4-14(15)16/h2-9,17H,10-11H2,1H3. The molecule has 3 heteroatoms. The van der Waals surface area contributed by atoms with Gasteiger partial charge in [-0.05, 0) is 31.2 Å². The summed E-state index contributed by atoms with van der Waals surface area (Å²) >= 11 is 5.99. The van der Waals surface area contributed by atoms with Crippen molar-refractivity contribution >= 4 is 17.3 Å². The zero-order valence-electron chi connectivity index (χ0n) is 10.3. The topological polar surface area (TPSA) is 21.3 Å². The second-order valence-electron chi connectivity index (χ2n) is 4.07. The summed E-state index contributed by atoms with van der Waals surface area (Å²) in [6.45, 7) is 3.40. The van der Waals surface area contributed by atoms with Gasteiger partial charge in [0.1, 0.15) is 12.4 Å². The molecule has 0 radical (unpaired) electrons. The van der Waals surface area contributed by atoms with Gasteiger partial charge in [0.2, 0.25) is 0 Å². The number of halogens is 1. The van der Waals surface area contributed by atoms with E-state index >= 15 is 0 Å². The summed E-state index contributed by atoms with van der Waals surface area (Å²) in [7, 11) is 0. The van der Waals surface area contributed by atoms with Crippen molar-refractivity contribution in [3.63, 3.8) is 0 Å². The summed E-state index contributed by atoms with van der Waals surface area (Å²) in [4.78, 5) is 0. The number of aryl methyl sites for hydroxylation is 1. The lowest BCUT2D eigenvalue weighted by Gasteiger charge is -2.09. The first kappa shape index (κ1) is 12.8. The molecule has 2 aromatic carbocycles. The Morgan fingerprint density at radius 3 is 2.50 bits per heavy atom. The Bertz CT molecular complexity index is 496. The third kappa shape index (κ3) is 3.67. The van der Waals surface area contributed by atoms with Crippen LogP contribution in [0.1, 0.15) is 5.56 Å². The van der Waals surface area contributed by atoms with Crippen LogP contribution in [0.15, 0.2) is 48.5 Å². The summed E-state index contributed by atoms with van der Waals surface area (Å²) in [6, 6.07) is 15.8. The Morgan fingerprint density at radius 1 is 1.06 bits per heavy atom. The molecule has 2 rings (SSSR count). The molecule has 0 saturated heterocycles. The van der Waals surface area contributed by atoms with E-state index in [1.807, 2.05) is 24.3 Å². The molecular formula is C15H16ClNO. The van der Waals surface area contributed by atoms with Crippen LogP contribution in [0, 0.1) is 6.92 Å². The largest absolute Gasteiger partial charge is 0.490 e. The summed E-state index contributed by atoms with van der Waals surface area (Å²) in [5.74, 6) is 0.727. The van der Waals surface area contributed by atoms with Gasteiger partial charge >= 0.3 is 0 Å². The smallest absolute Gasteiger partial charge is 0.137 e. The predicted molar refractivity (Wildman–Crippen MR) is 76.6 cm³/mol. The average Bonchev–Trinajstić information content (AvgIpc) is 2.39. The number of benzene rings is 2. The monoisotopic (exact) mass is 261 g/mol. The highest BCUT2D eigenvalue weighted by molar-refractivity contribution is 6.32. The van der Waals surface area contributed by atoms with Crippen molar-refractivity contribution in [3.8, 4) is 5.75 Å². The van der Waals surface area contributed by atoms with E-state index in [9.17, 15) is 0 Å². The number of hydrogen-bond donors (Lipinski definition) is 1. The van der Waals surface area contributed by atoms with Gasteiger partial charge in [-0.3, -0.25) is 0 Å². The second kappa shape index (κ2) is 6.31. The molecular weight excluding hydrogens is 246 g/mol. The molecule has 94 valence electrons. The minimum absolute atomic E-state index is 0.581. The first-order valence-corrected chi connectivity index (χ1v) is 6.31. The fourth-order valence-electron chi connectivity index (χ4n) is 1.59. The number of nitrogens with one attached hydrogen (secondary N) is 1. The first-order valence-electron chi connectivity index (χ1n) is 5.93. The van der Waals surface area contributed by atoms with Crippen LogP contribution >= 0.6 is 11.6 Å². The van der Waals surface area contributed by atoms with Crippen LogP contribution in [0.5, 0.6) is 5.75 Å². The molecule has 18 heavy (non-hydrogen) atoms. The van der Waals surface area contributed by atoms with Crippen LogP contribution < -0.4 is 10.1 Å². The predicted octanol–water partition coefficient (Wildman–Crippen LogP) is 4.14. The fourth-order valence-corrected chi connectivity index (χ4v) is 1.78. The van der Waals surface area contributed by atoms with Crippen molar-refractivity contribution in [2.75, 3.05) is 18.5 Å². The number of hydrogen-bond acceptors (Lipinski definition) is 2. The highest BCUT2D eigenvalue weighted by Crippen LogP contribution is 2.22. The Morgan fingerprint density at radius 2 is 1.78 bits per heavy atom. The SMILES string of the molecule is Cc1ccc(NCCOc2ccccc2Cl)cc1. The molecule has 1 N–H and O–H groups in total. The van der Waals surface area contributed by atoms with Crippen LogP contribution in [0.25, 0.3) is 0 Å². The lowest BCUT2D eigenvalue weighted by Crippen LogP contribution is -2.11. The second-order valence-corrected chi connectivity index (χ2v) is 4.48. The summed E-state index contributed by atoms with van der Waals surface area (Å²) in [5, 5.41) is 3.94. The van der Waals surface area contributed by atoms with Crippen LogP contribution in [-0.4, -0.2) is 13.2 Å². The number of ether oxygens (including phenoxy) is 1. The van der Waals surface area contributed by atoms with Gasteiger partial charge < -0.3 is 10.1 Å². The third-order valence-electron chi connectivity index (χ3n) is 2.58. The van der Waals surface area contributed by atoms with Gasteiger partial charge in [-0.25, -0.2) is 0 Å². The summed E-state index contributed by atoms with van der Waals surface area (Å²) < 4.78 is 5.59. The van der Waals surface area contributed by atoms with Gasteiger partial charge in [-0.15, -0.1) is 0 Å². The van der Waals surface area contributed by atoms with E-state index in [0.717, 1.165) is 18.0 Å². The number of para-hydroxylation sites is 1. The lowest BCUT2D eigenvalue weighted by molar-refractivity contribution is 0.333. The van der Waals surface area contributed by atoms with Gasteiger partial charge in [0.15, 0.2) is 0 Å². The fraction of sp³-hybridized carbons (Fsp3) is 0.200. The van der Waals surface area contributed by atoms with Gasteiger partial charge in [0, 0.05) is 12.2 Å². The zero-order chi connectivity index (χ0) is 12.8. The molecule has 0 heterocycles. The van der Waals surface area contributed by atoms with Crippen LogP contribution in [0.4, 0.5) is 5.69 Å². The van der Waals surface area contributed by atoms with Crippen molar-refractivity contribution in [2.24, 2.45) is 0 Å². The van der Waals surface area contributed by atoms with E-state index in [2.05, 4.69) is 36.5 Å². The molecule has 0 unspecified atom stereocenters. The van der Waals surface area contributed by atoms with E-state index in [1.54, 1.807) is 0 Å². The highest BCUT2D eigenvalue weighted by atomic mass is 35.5. The van der Waals surface area contributed by atoms with Gasteiger partial charge in [0.05, 0.1) is 5.02 Å². The van der Waals surface area contributed by atoms with Crippen LogP contribution in [0.2, 0.25) is 5.02 Å². The number of anilines is 1. The molecule has 2 aromatic rings. The van der Waals surface area contributed by atoms with Crippen molar-refractivity contribution in [2.45, 2.75) is 6.92 Å². The maximum Gasteiger partial charge on any atom is 0.137 e. The number of rotatable bonds is 5. The minimum atomic E-state index is 0.581. The van der Waals surface area contributed by atoms with Crippen molar-refractivity contribution in [1.82, 2.24) is 0 Å². The maximum absolute atomic E-state index is 5.99. The Kier molecular flexibility index (Phi) is 4.48. The minimum Gasteiger partial charge on any atom is -0.490 e. The quantitative estimate of drug-likeness (QED) is 0.817. The third-order valence-corrected chi connectivity index (χ3v) is 2.89. The average molecular weight is 262 g/mol. The molecule has 0 aliphatic carbocycles. The molecule has 0 fully saturated rings. The van der Waals surface area contributed by atoms with E-state index < -0.39 is 0 Å². The first-order chi connectivity index (χ1) is 8.75. The van der Waals surface area contributed by atoms with Crippen molar-refractivity contribution in [3.05, 3.63) is 59.1 Å². The Hall–Kier alpha value is -1.67. The van der Waals surface area contributed by atoms with Gasteiger partial charge in [-0.1, -0.05) is 41.4 Å². The summed E-state index contributed by atoms with van der Waals surface area (Å²) in [6.07, 6.45) is 0. The molecule has 0 aliphatic heterocycles. The van der Waals surface area contributed by atoms with E-state index in [4.69, 9.17) is 16.3 Å². The van der Waals surface area contributed by atoms with Gasteiger partial charge in [-0.2, -0.15) is 0 Å². The van der Waals surface area contributed by atoms with E-state index in [0.29, 0.717) is 11.6 Å². The molecule has 0 aliphatic rings. The lowest BCUT2D eigenvalue weighted by atomic mass is 10.2. The van der Waals surface area contributed by atoms with E-state index in [-0.39, 0.29) is 0 Å². The molecule has 2 nitrogen and oxygen atoms in total. The zero-order valence-corrected chi connectivity index (χ0v) is 11.1. The molecule has 0 saturated carbocycles. The normalized spacial score (nSPS) is 10.1. The molecule has 0 bridgehead atoms. The molecule has 0 spiro atoms.